The Balaban J connectivity index is 2.35. The topological polar surface area (TPSA) is 110 Å². The van der Waals surface area contributed by atoms with Gasteiger partial charge in [-0.25, -0.2) is 13.1 Å². The number of hydrogen-bond donors (Lipinski definition) is 2. The Labute approximate surface area is 116 Å². The molecule has 0 atom stereocenters. The van der Waals surface area contributed by atoms with Gasteiger partial charge in [0.1, 0.15) is 0 Å². The summed E-state index contributed by atoms with van der Waals surface area (Å²) in [6, 6.07) is 3.77. The molecule has 1 fully saturated rings. The molecule has 1 aliphatic rings. The number of hydrogen-bond acceptors (Lipinski definition) is 5. The predicted octanol–water partition coefficient (Wildman–Crippen LogP) is 1.10. The Kier molecular flexibility index (Phi) is 3.81. The minimum atomic E-state index is -3.88. The minimum absolute atomic E-state index is 0.158. The van der Waals surface area contributed by atoms with Crippen molar-refractivity contribution in [3.63, 3.8) is 0 Å². The van der Waals surface area contributed by atoms with Gasteiger partial charge in [-0.3, -0.25) is 10.1 Å². The van der Waals surface area contributed by atoms with Gasteiger partial charge in [0.05, 0.1) is 22.0 Å². The SMILES string of the molecule is Cc1ccc(S(=O)(=O)NC2(CO)CCC2)cc1[N+](=O)[O-]. The van der Waals surface area contributed by atoms with Crippen LogP contribution in [0.25, 0.3) is 0 Å². The lowest BCUT2D eigenvalue weighted by molar-refractivity contribution is -0.385. The van der Waals surface area contributed by atoms with Crippen molar-refractivity contribution in [2.75, 3.05) is 6.61 Å². The van der Waals surface area contributed by atoms with E-state index in [1.165, 1.54) is 12.1 Å². The molecule has 1 aliphatic carbocycles. The van der Waals surface area contributed by atoms with E-state index in [-0.39, 0.29) is 17.2 Å². The maximum absolute atomic E-state index is 12.2. The van der Waals surface area contributed by atoms with Crippen LogP contribution in [-0.4, -0.2) is 30.6 Å². The normalized spacial score (nSPS) is 17.5. The average molecular weight is 300 g/mol. The van der Waals surface area contributed by atoms with Gasteiger partial charge in [0.25, 0.3) is 5.69 Å². The molecule has 1 aromatic carbocycles. The van der Waals surface area contributed by atoms with Crippen LogP contribution in [0.15, 0.2) is 23.1 Å². The van der Waals surface area contributed by atoms with E-state index in [0.717, 1.165) is 12.5 Å². The average Bonchev–Trinajstić information content (AvgIpc) is 2.34. The van der Waals surface area contributed by atoms with E-state index in [1.54, 1.807) is 6.92 Å². The van der Waals surface area contributed by atoms with Crippen molar-refractivity contribution in [2.45, 2.75) is 36.6 Å². The molecule has 0 aliphatic heterocycles. The van der Waals surface area contributed by atoms with Crippen molar-refractivity contribution in [1.29, 1.82) is 0 Å². The molecule has 0 radical (unpaired) electrons. The summed E-state index contributed by atoms with van der Waals surface area (Å²) >= 11 is 0. The largest absolute Gasteiger partial charge is 0.394 e. The molecule has 2 rings (SSSR count). The van der Waals surface area contributed by atoms with E-state index in [9.17, 15) is 23.6 Å². The maximum Gasteiger partial charge on any atom is 0.273 e. The molecule has 0 unspecified atom stereocenters. The first-order valence-electron chi connectivity index (χ1n) is 6.20. The van der Waals surface area contributed by atoms with E-state index in [1.807, 2.05) is 0 Å². The van der Waals surface area contributed by atoms with E-state index in [0.29, 0.717) is 18.4 Å². The smallest absolute Gasteiger partial charge is 0.273 e. The fraction of sp³-hybridized carbons (Fsp3) is 0.500. The first-order chi connectivity index (χ1) is 9.30. The zero-order valence-electron chi connectivity index (χ0n) is 11.0. The molecule has 0 aromatic heterocycles. The summed E-state index contributed by atoms with van der Waals surface area (Å²) in [5.74, 6) is 0. The maximum atomic E-state index is 12.2. The monoisotopic (exact) mass is 300 g/mol. The molecule has 110 valence electrons. The summed E-state index contributed by atoms with van der Waals surface area (Å²) in [5.41, 5.74) is -0.660. The summed E-state index contributed by atoms with van der Waals surface area (Å²) in [5, 5.41) is 20.2. The van der Waals surface area contributed by atoms with Gasteiger partial charge in [0.2, 0.25) is 10.0 Å². The number of nitrogens with one attached hydrogen (secondary N) is 1. The number of aliphatic hydroxyl groups excluding tert-OH is 1. The predicted molar refractivity (Wildman–Crippen MR) is 71.8 cm³/mol. The molecule has 0 heterocycles. The third kappa shape index (κ3) is 2.67. The highest BCUT2D eigenvalue weighted by molar-refractivity contribution is 7.89. The Morgan fingerprint density at radius 1 is 1.45 bits per heavy atom. The van der Waals surface area contributed by atoms with Gasteiger partial charge in [-0.2, -0.15) is 0 Å². The van der Waals surface area contributed by atoms with E-state index < -0.39 is 20.5 Å². The van der Waals surface area contributed by atoms with Crippen LogP contribution in [-0.2, 0) is 10.0 Å². The van der Waals surface area contributed by atoms with Crippen LogP contribution in [0, 0.1) is 17.0 Å². The molecule has 8 heteroatoms. The van der Waals surface area contributed by atoms with Crippen LogP contribution in [0.4, 0.5) is 5.69 Å². The first-order valence-corrected chi connectivity index (χ1v) is 7.68. The van der Waals surface area contributed by atoms with Gasteiger partial charge < -0.3 is 5.11 Å². The number of aliphatic hydroxyl groups is 1. The van der Waals surface area contributed by atoms with Crippen molar-refractivity contribution in [3.8, 4) is 0 Å². The highest BCUT2D eigenvalue weighted by atomic mass is 32.2. The summed E-state index contributed by atoms with van der Waals surface area (Å²) < 4.78 is 26.9. The molecule has 0 saturated heterocycles. The number of benzene rings is 1. The Morgan fingerprint density at radius 2 is 2.10 bits per heavy atom. The lowest BCUT2D eigenvalue weighted by atomic mass is 9.78. The number of rotatable bonds is 5. The van der Waals surface area contributed by atoms with Crippen LogP contribution in [0.2, 0.25) is 0 Å². The highest BCUT2D eigenvalue weighted by Gasteiger charge is 2.40. The standard InChI is InChI=1S/C12H16N2O5S/c1-9-3-4-10(7-11(9)14(16)17)20(18,19)13-12(8-15)5-2-6-12/h3-4,7,13,15H,2,5-6,8H2,1H3. The summed E-state index contributed by atoms with van der Waals surface area (Å²) in [6.45, 7) is 1.27. The van der Waals surface area contributed by atoms with Crippen molar-refractivity contribution >= 4 is 15.7 Å². The third-order valence-corrected chi connectivity index (χ3v) is 5.23. The second-order valence-electron chi connectivity index (χ2n) is 5.10. The number of nitrogens with zero attached hydrogens (tertiary/aromatic N) is 1. The van der Waals surface area contributed by atoms with Crippen molar-refractivity contribution in [1.82, 2.24) is 4.72 Å². The van der Waals surface area contributed by atoms with Crippen LogP contribution in [0.1, 0.15) is 24.8 Å². The number of nitro benzene ring substituents is 1. The highest BCUT2D eigenvalue weighted by Crippen LogP contribution is 2.33. The molecule has 20 heavy (non-hydrogen) atoms. The summed E-state index contributed by atoms with van der Waals surface area (Å²) in [4.78, 5) is 10.1. The number of aryl methyl sites for hydroxylation is 1. The zero-order chi connectivity index (χ0) is 15.0. The van der Waals surface area contributed by atoms with Crippen molar-refractivity contribution < 1.29 is 18.4 Å². The fourth-order valence-electron chi connectivity index (χ4n) is 2.19. The second-order valence-corrected chi connectivity index (χ2v) is 6.79. The number of nitro groups is 1. The van der Waals surface area contributed by atoms with Crippen LogP contribution in [0.5, 0.6) is 0 Å². The molecule has 1 aromatic rings. The zero-order valence-corrected chi connectivity index (χ0v) is 11.8. The van der Waals surface area contributed by atoms with E-state index in [4.69, 9.17) is 0 Å². The van der Waals surface area contributed by atoms with Gasteiger partial charge >= 0.3 is 0 Å². The summed E-state index contributed by atoms with van der Waals surface area (Å²) in [6.07, 6.45) is 1.98. The van der Waals surface area contributed by atoms with Crippen LogP contribution < -0.4 is 4.72 Å². The Hall–Kier alpha value is -1.51. The second kappa shape index (κ2) is 5.12. The number of sulfonamides is 1. The molecule has 0 amide bonds. The Bertz CT molecular complexity index is 632. The van der Waals surface area contributed by atoms with Gasteiger partial charge in [0, 0.05) is 11.6 Å². The molecule has 2 N–H and O–H groups in total. The fourth-order valence-corrected chi connectivity index (χ4v) is 3.66. The Morgan fingerprint density at radius 3 is 2.55 bits per heavy atom. The van der Waals surface area contributed by atoms with Crippen molar-refractivity contribution in [3.05, 3.63) is 33.9 Å². The molecular weight excluding hydrogens is 284 g/mol. The first kappa shape index (κ1) is 14.9. The van der Waals surface area contributed by atoms with Gasteiger partial charge in [-0.15, -0.1) is 0 Å². The summed E-state index contributed by atoms with van der Waals surface area (Å²) in [7, 11) is -3.88. The molecule has 1 saturated carbocycles. The minimum Gasteiger partial charge on any atom is -0.394 e. The van der Waals surface area contributed by atoms with Crippen molar-refractivity contribution in [2.24, 2.45) is 0 Å². The van der Waals surface area contributed by atoms with Gasteiger partial charge in [-0.05, 0) is 32.3 Å². The molecule has 0 spiro atoms. The van der Waals surface area contributed by atoms with Gasteiger partial charge in [-0.1, -0.05) is 6.07 Å². The van der Waals surface area contributed by atoms with E-state index in [2.05, 4.69) is 4.72 Å². The molecular formula is C12H16N2O5S. The molecule has 7 nitrogen and oxygen atoms in total. The van der Waals surface area contributed by atoms with Crippen LogP contribution >= 0.6 is 0 Å². The lowest BCUT2D eigenvalue weighted by Gasteiger charge is -2.40. The van der Waals surface area contributed by atoms with Crippen LogP contribution in [0.3, 0.4) is 0 Å². The molecule has 0 bridgehead atoms. The lowest BCUT2D eigenvalue weighted by Crippen LogP contribution is -2.55. The third-order valence-electron chi connectivity index (χ3n) is 3.65. The quantitative estimate of drug-likeness (QED) is 0.625. The van der Waals surface area contributed by atoms with E-state index >= 15 is 0 Å². The van der Waals surface area contributed by atoms with Gasteiger partial charge in [0.15, 0.2) is 0 Å².